The van der Waals surface area contributed by atoms with Gasteiger partial charge in [-0.3, -0.25) is 4.40 Å². The summed E-state index contributed by atoms with van der Waals surface area (Å²) in [4.78, 5) is 5.57. The zero-order valence-corrected chi connectivity index (χ0v) is 10.7. The van der Waals surface area contributed by atoms with Gasteiger partial charge in [0.05, 0.1) is 11.4 Å². The molecular formula is C12H17N3S. The molecule has 0 fully saturated rings. The van der Waals surface area contributed by atoms with E-state index in [1.54, 1.807) is 11.3 Å². The first kappa shape index (κ1) is 11.4. The Morgan fingerprint density at radius 3 is 3.19 bits per heavy atom. The molecule has 4 heteroatoms. The maximum absolute atomic E-state index is 4.51. The summed E-state index contributed by atoms with van der Waals surface area (Å²) in [5, 5.41) is 5.42. The molecule has 2 aromatic heterocycles. The molecule has 0 spiro atoms. The van der Waals surface area contributed by atoms with Crippen molar-refractivity contribution in [3.8, 4) is 0 Å². The molecule has 1 atom stereocenters. The van der Waals surface area contributed by atoms with E-state index in [0.29, 0.717) is 6.04 Å². The summed E-state index contributed by atoms with van der Waals surface area (Å²) in [7, 11) is 0. The summed E-state index contributed by atoms with van der Waals surface area (Å²) >= 11 is 1.67. The van der Waals surface area contributed by atoms with Crippen molar-refractivity contribution >= 4 is 22.4 Å². The first-order valence-corrected chi connectivity index (χ1v) is 6.44. The fourth-order valence-electron chi connectivity index (χ4n) is 1.74. The van der Waals surface area contributed by atoms with Gasteiger partial charge in [-0.05, 0) is 26.5 Å². The van der Waals surface area contributed by atoms with Crippen molar-refractivity contribution < 1.29 is 0 Å². The third-order valence-corrected chi connectivity index (χ3v) is 3.31. The molecule has 3 nitrogen and oxygen atoms in total. The molecule has 1 unspecified atom stereocenters. The Kier molecular flexibility index (Phi) is 3.41. The van der Waals surface area contributed by atoms with Gasteiger partial charge in [0.15, 0.2) is 4.96 Å². The Hall–Kier alpha value is -1.13. The standard InChI is InChI=1S/C12H17N3S/c1-4-13-9(2)5-6-11-10(3)14-12-15(11)7-8-16-12/h5-9,13H,4H2,1-3H3/b6-5+. The zero-order chi connectivity index (χ0) is 11.5. The summed E-state index contributed by atoms with van der Waals surface area (Å²) in [6.07, 6.45) is 6.39. The average Bonchev–Trinajstić information content (AvgIpc) is 2.76. The Balaban J connectivity index is 2.25. The molecule has 0 aliphatic rings. The van der Waals surface area contributed by atoms with E-state index in [4.69, 9.17) is 0 Å². The van der Waals surface area contributed by atoms with Gasteiger partial charge in [0, 0.05) is 17.6 Å². The Morgan fingerprint density at radius 1 is 1.62 bits per heavy atom. The van der Waals surface area contributed by atoms with Crippen molar-refractivity contribution in [2.75, 3.05) is 6.54 Å². The van der Waals surface area contributed by atoms with E-state index in [1.807, 2.05) is 0 Å². The number of rotatable bonds is 4. The topological polar surface area (TPSA) is 29.3 Å². The fourth-order valence-corrected chi connectivity index (χ4v) is 2.50. The molecule has 0 amide bonds. The summed E-state index contributed by atoms with van der Waals surface area (Å²) < 4.78 is 2.13. The van der Waals surface area contributed by atoms with Crippen LogP contribution in [0, 0.1) is 6.92 Å². The number of nitrogens with zero attached hydrogens (tertiary/aromatic N) is 2. The van der Waals surface area contributed by atoms with E-state index in [2.05, 4.69) is 59.2 Å². The van der Waals surface area contributed by atoms with Gasteiger partial charge in [0.25, 0.3) is 0 Å². The molecule has 0 bridgehead atoms. The van der Waals surface area contributed by atoms with Gasteiger partial charge < -0.3 is 5.32 Å². The number of fused-ring (bicyclic) bond motifs is 1. The van der Waals surface area contributed by atoms with Crippen LogP contribution in [-0.4, -0.2) is 22.0 Å². The minimum absolute atomic E-state index is 0.397. The summed E-state index contributed by atoms with van der Waals surface area (Å²) in [6, 6.07) is 0.397. The minimum atomic E-state index is 0.397. The molecule has 0 radical (unpaired) electrons. The Labute approximate surface area is 99.8 Å². The maximum atomic E-state index is 4.51. The van der Waals surface area contributed by atoms with E-state index < -0.39 is 0 Å². The molecule has 0 aromatic carbocycles. The molecule has 0 saturated carbocycles. The highest BCUT2D eigenvalue weighted by Gasteiger charge is 2.06. The number of thiazole rings is 1. The van der Waals surface area contributed by atoms with Crippen molar-refractivity contribution in [2.45, 2.75) is 26.8 Å². The van der Waals surface area contributed by atoms with Crippen LogP contribution in [0.25, 0.3) is 11.0 Å². The van der Waals surface area contributed by atoms with Crippen LogP contribution in [0.3, 0.4) is 0 Å². The second-order valence-corrected chi connectivity index (χ2v) is 4.72. The fraction of sp³-hybridized carbons (Fsp3) is 0.417. The predicted molar refractivity (Wildman–Crippen MR) is 70.0 cm³/mol. The van der Waals surface area contributed by atoms with Crippen LogP contribution in [-0.2, 0) is 0 Å². The van der Waals surface area contributed by atoms with Crippen LogP contribution in [0.5, 0.6) is 0 Å². The lowest BCUT2D eigenvalue weighted by Gasteiger charge is -2.05. The van der Waals surface area contributed by atoms with Gasteiger partial charge in [0.1, 0.15) is 0 Å². The normalized spacial score (nSPS) is 13.9. The van der Waals surface area contributed by atoms with E-state index in [-0.39, 0.29) is 0 Å². The molecule has 0 aliphatic carbocycles. The van der Waals surface area contributed by atoms with Gasteiger partial charge in [-0.15, -0.1) is 11.3 Å². The third-order valence-electron chi connectivity index (χ3n) is 2.55. The Morgan fingerprint density at radius 2 is 2.44 bits per heavy atom. The van der Waals surface area contributed by atoms with E-state index in [9.17, 15) is 0 Å². The first-order chi connectivity index (χ1) is 7.72. The van der Waals surface area contributed by atoms with E-state index in [0.717, 1.165) is 17.2 Å². The highest BCUT2D eigenvalue weighted by Crippen LogP contribution is 2.17. The number of likely N-dealkylation sites (N-methyl/N-ethyl adjacent to an activating group) is 1. The van der Waals surface area contributed by atoms with E-state index in [1.165, 1.54) is 5.69 Å². The van der Waals surface area contributed by atoms with Crippen molar-refractivity contribution in [3.05, 3.63) is 29.0 Å². The molecule has 16 heavy (non-hydrogen) atoms. The Bertz CT molecular complexity index is 495. The monoisotopic (exact) mass is 235 g/mol. The van der Waals surface area contributed by atoms with Crippen LogP contribution in [0.2, 0.25) is 0 Å². The summed E-state index contributed by atoms with van der Waals surface area (Å²) in [6.45, 7) is 7.31. The quantitative estimate of drug-likeness (QED) is 0.883. The molecule has 86 valence electrons. The molecule has 1 N–H and O–H groups in total. The van der Waals surface area contributed by atoms with Crippen molar-refractivity contribution in [1.29, 1.82) is 0 Å². The average molecular weight is 235 g/mol. The molecule has 2 rings (SSSR count). The maximum Gasteiger partial charge on any atom is 0.194 e. The van der Waals surface area contributed by atoms with Gasteiger partial charge in [0.2, 0.25) is 0 Å². The van der Waals surface area contributed by atoms with Crippen molar-refractivity contribution in [2.24, 2.45) is 0 Å². The van der Waals surface area contributed by atoms with Gasteiger partial charge in [-0.1, -0.05) is 13.0 Å². The lowest BCUT2D eigenvalue weighted by atomic mass is 10.2. The van der Waals surface area contributed by atoms with Crippen LogP contribution < -0.4 is 5.32 Å². The lowest BCUT2D eigenvalue weighted by Crippen LogP contribution is -2.22. The lowest BCUT2D eigenvalue weighted by molar-refractivity contribution is 0.662. The van der Waals surface area contributed by atoms with Gasteiger partial charge in [-0.2, -0.15) is 0 Å². The van der Waals surface area contributed by atoms with Gasteiger partial charge >= 0.3 is 0 Å². The second-order valence-electron chi connectivity index (χ2n) is 3.84. The van der Waals surface area contributed by atoms with Crippen LogP contribution >= 0.6 is 11.3 Å². The highest BCUT2D eigenvalue weighted by molar-refractivity contribution is 7.15. The SMILES string of the molecule is CCNC(C)/C=C/c1c(C)nc2sccn12. The molecule has 2 aromatic rings. The number of nitrogens with one attached hydrogen (secondary N) is 1. The smallest absolute Gasteiger partial charge is 0.194 e. The van der Waals surface area contributed by atoms with E-state index >= 15 is 0 Å². The molecule has 0 aliphatic heterocycles. The number of aryl methyl sites for hydroxylation is 1. The largest absolute Gasteiger partial charge is 0.311 e. The molecular weight excluding hydrogens is 218 g/mol. The first-order valence-electron chi connectivity index (χ1n) is 5.56. The second kappa shape index (κ2) is 4.80. The van der Waals surface area contributed by atoms with Crippen molar-refractivity contribution in [1.82, 2.24) is 14.7 Å². The summed E-state index contributed by atoms with van der Waals surface area (Å²) in [5.74, 6) is 0. The third kappa shape index (κ3) is 2.18. The zero-order valence-electron chi connectivity index (χ0n) is 9.90. The number of hydrogen-bond acceptors (Lipinski definition) is 3. The van der Waals surface area contributed by atoms with Crippen molar-refractivity contribution in [3.63, 3.8) is 0 Å². The summed E-state index contributed by atoms with van der Waals surface area (Å²) in [5.41, 5.74) is 2.27. The number of imidazole rings is 1. The van der Waals surface area contributed by atoms with Crippen LogP contribution in [0.1, 0.15) is 25.2 Å². The molecule has 0 saturated heterocycles. The highest BCUT2D eigenvalue weighted by atomic mass is 32.1. The van der Waals surface area contributed by atoms with Crippen LogP contribution in [0.15, 0.2) is 17.7 Å². The predicted octanol–water partition coefficient (Wildman–Crippen LogP) is 2.72. The van der Waals surface area contributed by atoms with Crippen LogP contribution in [0.4, 0.5) is 0 Å². The van der Waals surface area contributed by atoms with Gasteiger partial charge in [-0.25, -0.2) is 4.98 Å². The molecule has 2 heterocycles. The number of aromatic nitrogens is 2. The minimum Gasteiger partial charge on any atom is -0.311 e. The number of hydrogen-bond donors (Lipinski definition) is 1.